The van der Waals surface area contributed by atoms with Crippen LogP contribution in [0.1, 0.15) is 30.9 Å². The van der Waals surface area contributed by atoms with E-state index in [1.807, 2.05) is 26.1 Å². The summed E-state index contributed by atoms with van der Waals surface area (Å²) in [6, 6.07) is 16.6. The number of rotatable bonds is 6. The molecule has 0 spiro atoms. The van der Waals surface area contributed by atoms with Crippen molar-refractivity contribution in [1.29, 1.82) is 0 Å². The van der Waals surface area contributed by atoms with Crippen molar-refractivity contribution >= 4 is 23.4 Å². The molecular weight excluding hydrogens is 356 g/mol. The second-order valence-corrected chi connectivity index (χ2v) is 7.81. The Kier molecular flexibility index (Phi) is 6.24. The summed E-state index contributed by atoms with van der Waals surface area (Å²) < 4.78 is 5.45. The first kappa shape index (κ1) is 19.5. The van der Waals surface area contributed by atoms with Crippen molar-refractivity contribution in [2.45, 2.75) is 35.0 Å². The molecule has 27 heavy (non-hydrogen) atoms. The topological polar surface area (TPSA) is 64.3 Å². The number of amides is 1. The van der Waals surface area contributed by atoms with Gasteiger partial charge in [-0.25, -0.2) is 0 Å². The Bertz CT molecular complexity index is 824. The highest BCUT2D eigenvalue weighted by molar-refractivity contribution is 7.99. The number of carbonyl (C=O) groups excluding carboxylic acids is 1. The van der Waals surface area contributed by atoms with E-state index in [0.29, 0.717) is 26.1 Å². The van der Waals surface area contributed by atoms with Crippen LogP contribution in [0.15, 0.2) is 64.4 Å². The van der Waals surface area contributed by atoms with Crippen LogP contribution in [-0.4, -0.2) is 26.2 Å². The molecule has 1 aliphatic rings. The van der Waals surface area contributed by atoms with E-state index < -0.39 is 5.41 Å². The minimum atomic E-state index is -0.619. The van der Waals surface area contributed by atoms with E-state index in [1.54, 1.807) is 11.8 Å². The summed E-state index contributed by atoms with van der Waals surface area (Å²) >= 11 is 1.69. The zero-order chi connectivity index (χ0) is 19.3. The van der Waals surface area contributed by atoms with Crippen molar-refractivity contribution in [2.75, 3.05) is 20.3 Å². The average Bonchev–Trinajstić information content (AvgIpc) is 2.71. The second kappa shape index (κ2) is 8.63. The Morgan fingerprint density at radius 3 is 2.44 bits per heavy atom. The fourth-order valence-electron chi connectivity index (χ4n) is 3.55. The summed E-state index contributed by atoms with van der Waals surface area (Å²) in [7, 11) is 1.92. The summed E-state index contributed by atoms with van der Waals surface area (Å²) in [5.41, 5.74) is 8.44. The van der Waals surface area contributed by atoms with Crippen LogP contribution in [0.2, 0.25) is 0 Å². The van der Waals surface area contributed by atoms with Gasteiger partial charge in [-0.3, -0.25) is 4.79 Å². The molecule has 1 aliphatic heterocycles. The Morgan fingerprint density at radius 1 is 1.15 bits per heavy atom. The van der Waals surface area contributed by atoms with Gasteiger partial charge in [0, 0.05) is 35.7 Å². The number of primary amides is 1. The maximum absolute atomic E-state index is 12.3. The van der Waals surface area contributed by atoms with Crippen molar-refractivity contribution < 1.29 is 9.53 Å². The third-order valence-corrected chi connectivity index (χ3v) is 6.16. The Hall–Kier alpha value is -2.24. The molecule has 0 unspecified atom stereocenters. The van der Waals surface area contributed by atoms with E-state index in [4.69, 9.17) is 10.5 Å². The van der Waals surface area contributed by atoms with E-state index in [0.717, 1.165) is 26.6 Å². The zero-order valence-electron chi connectivity index (χ0n) is 15.8. The molecule has 3 rings (SSSR count). The lowest BCUT2D eigenvalue weighted by molar-refractivity contribution is -0.127. The predicted molar refractivity (Wildman–Crippen MR) is 111 cm³/mol. The lowest BCUT2D eigenvalue weighted by Gasteiger charge is -2.34. The minimum Gasteiger partial charge on any atom is -0.388 e. The highest BCUT2D eigenvalue weighted by Gasteiger charge is 2.40. The third-order valence-electron chi connectivity index (χ3n) is 5.16. The van der Waals surface area contributed by atoms with Gasteiger partial charge in [-0.1, -0.05) is 42.1 Å². The third kappa shape index (κ3) is 4.20. The minimum absolute atomic E-state index is 0.261. The van der Waals surface area contributed by atoms with Crippen LogP contribution in [0.4, 0.5) is 0 Å². The van der Waals surface area contributed by atoms with Gasteiger partial charge in [-0.2, -0.15) is 0 Å². The molecule has 1 saturated heterocycles. The van der Waals surface area contributed by atoms with E-state index in [1.165, 1.54) is 0 Å². The molecule has 3 N–H and O–H groups in total. The first-order valence-electron chi connectivity index (χ1n) is 9.19. The van der Waals surface area contributed by atoms with Crippen LogP contribution >= 0.6 is 11.8 Å². The Labute approximate surface area is 165 Å². The molecule has 0 bridgehead atoms. The van der Waals surface area contributed by atoms with Crippen LogP contribution in [0.25, 0.3) is 5.70 Å². The van der Waals surface area contributed by atoms with Gasteiger partial charge in [0.15, 0.2) is 0 Å². The van der Waals surface area contributed by atoms with Gasteiger partial charge in [0.1, 0.15) is 0 Å². The average molecular weight is 383 g/mol. The smallest absolute Gasteiger partial charge is 0.228 e. The van der Waals surface area contributed by atoms with Crippen LogP contribution in [0.3, 0.4) is 0 Å². The fourth-order valence-corrected chi connectivity index (χ4v) is 4.43. The SMILES string of the molecule is C/C=C(\NC)c1ccc(Sc2cccc(C3(C(N)=O)CCOCC3)c2)cc1. The molecule has 142 valence electrons. The van der Waals surface area contributed by atoms with Crippen LogP contribution in [0, 0.1) is 0 Å². The zero-order valence-corrected chi connectivity index (χ0v) is 16.6. The molecule has 5 heteroatoms. The van der Waals surface area contributed by atoms with Crippen LogP contribution in [-0.2, 0) is 14.9 Å². The quantitative estimate of drug-likeness (QED) is 0.794. The molecule has 0 atom stereocenters. The molecule has 2 aromatic carbocycles. The number of hydrogen-bond acceptors (Lipinski definition) is 4. The highest BCUT2D eigenvalue weighted by Crippen LogP contribution is 2.37. The molecule has 0 aliphatic carbocycles. The molecule has 2 aromatic rings. The van der Waals surface area contributed by atoms with Gasteiger partial charge in [0.2, 0.25) is 5.91 Å². The number of hydrogen-bond donors (Lipinski definition) is 2. The van der Waals surface area contributed by atoms with Crippen molar-refractivity contribution in [3.63, 3.8) is 0 Å². The van der Waals surface area contributed by atoms with Gasteiger partial charge < -0.3 is 15.8 Å². The lowest BCUT2D eigenvalue weighted by Crippen LogP contribution is -2.45. The maximum Gasteiger partial charge on any atom is 0.228 e. The second-order valence-electron chi connectivity index (χ2n) is 6.67. The molecular formula is C22H26N2O2S. The first-order chi connectivity index (χ1) is 13.1. The predicted octanol–water partition coefficient (Wildman–Crippen LogP) is 3.95. The Balaban J connectivity index is 1.83. The summed E-state index contributed by atoms with van der Waals surface area (Å²) in [6.45, 7) is 3.16. The largest absolute Gasteiger partial charge is 0.388 e. The van der Waals surface area contributed by atoms with Crippen molar-refractivity contribution in [2.24, 2.45) is 5.73 Å². The van der Waals surface area contributed by atoms with Gasteiger partial charge >= 0.3 is 0 Å². The van der Waals surface area contributed by atoms with E-state index >= 15 is 0 Å². The number of allylic oxidation sites excluding steroid dienone is 1. The fraction of sp³-hybridized carbons (Fsp3) is 0.318. The molecule has 0 aromatic heterocycles. The molecule has 0 radical (unpaired) electrons. The van der Waals surface area contributed by atoms with E-state index in [9.17, 15) is 4.79 Å². The number of carbonyl (C=O) groups is 1. The molecule has 1 fully saturated rings. The lowest BCUT2D eigenvalue weighted by atomic mass is 9.73. The van der Waals surface area contributed by atoms with Crippen LogP contribution < -0.4 is 11.1 Å². The molecule has 0 saturated carbocycles. The van der Waals surface area contributed by atoms with Crippen molar-refractivity contribution in [1.82, 2.24) is 5.32 Å². The number of nitrogens with one attached hydrogen (secondary N) is 1. The van der Waals surface area contributed by atoms with Gasteiger partial charge in [0.25, 0.3) is 0 Å². The maximum atomic E-state index is 12.3. The number of ether oxygens (including phenoxy) is 1. The van der Waals surface area contributed by atoms with Crippen molar-refractivity contribution in [3.8, 4) is 0 Å². The van der Waals surface area contributed by atoms with E-state index in [-0.39, 0.29) is 5.91 Å². The summed E-state index contributed by atoms with van der Waals surface area (Å²) in [6.07, 6.45) is 3.34. The first-order valence-corrected chi connectivity index (χ1v) is 10.0. The highest BCUT2D eigenvalue weighted by atomic mass is 32.2. The van der Waals surface area contributed by atoms with Gasteiger partial charge in [-0.05, 0) is 55.2 Å². The standard InChI is InChI=1S/C22H26N2O2S/c1-3-20(24-2)16-7-9-18(10-8-16)27-19-6-4-5-17(15-19)22(21(23)25)11-13-26-14-12-22/h3-10,15,24H,11-14H2,1-2H3,(H2,23,25)/b20-3-. The van der Waals surface area contributed by atoms with E-state index in [2.05, 4.69) is 47.8 Å². The van der Waals surface area contributed by atoms with Gasteiger partial charge in [-0.15, -0.1) is 0 Å². The summed E-state index contributed by atoms with van der Waals surface area (Å²) in [5.74, 6) is -0.261. The summed E-state index contributed by atoms with van der Waals surface area (Å²) in [5, 5.41) is 3.20. The monoisotopic (exact) mass is 382 g/mol. The Morgan fingerprint density at radius 2 is 1.85 bits per heavy atom. The summed E-state index contributed by atoms with van der Waals surface area (Å²) in [4.78, 5) is 14.5. The van der Waals surface area contributed by atoms with Crippen LogP contribution in [0.5, 0.6) is 0 Å². The number of benzene rings is 2. The molecule has 1 amide bonds. The number of nitrogens with two attached hydrogens (primary N) is 1. The van der Waals surface area contributed by atoms with Crippen molar-refractivity contribution in [3.05, 3.63) is 65.7 Å². The molecule has 4 nitrogen and oxygen atoms in total. The normalized spacial score (nSPS) is 16.7. The van der Waals surface area contributed by atoms with Gasteiger partial charge in [0.05, 0.1) is 5.41 Å². The molecule has 1 heterocycles.